The van der Waals surface area contributed by atoms with Crippen molar-refractivity contribution < 1.29 is 33.6 Å². The van der Waals surface area contributed by atoms with E-state index in [4.69, 9.17) is 0 Å². The van der Waals surface area contributed by atoms with E-state index in [1.54, 1.807) is 18.6 Å². The molecule has 61 valence electrons. The minimum Gasteiger partial charge on any atom is -0.403 e. The average molecular weight is 336 g/mol. The van der Waals surface area contributed by atoms with E-state index in [1.165, 1.54) is 0 Å². The zero-order chi connectivity index (χ0) is 7.44. The molecule has 1 N–H and O–H groups in total. The van der Waals surface area contributed by atoms with Gasteiger partial charge < -0.3 is 13.1 Å². The smallest absolute Gasteiger partial charge is 0.207 e. The fraction of sp³-hybridized carbons (Fsp3) is 0.750. The number of carbonyl (C=O) groups excluding carboxylic acids is 1. The average Bonchev–Trinajstić information content (AvgIpc) is 1.63. The van der Waals surface area contributed by atoms with Crippen molar-refractivity contribution in [1.82, 2.24) is 4.72 Å². The standard InChI is InChI=1S/C4H8NO3S.Re/c1-3(2)4(6)5-9(7)8;/h3H,1-2H3,(H,5,6,7,8);/q-1;. The van der Waals surface area contributed by atoms with E-state index in [0.29, 0.717) is 0 Å². The third kappa shape index (κ3) is 6.21. The van der Waals surface area contributed by atoms with Crippen LogP contribution in [-0.4, -0.2) is 5.91 Å². The van der Waals surface area contributed by atoms with Gasteiger partial charge in [-0.1, -0.05) is 13.8 Å². The third-order valence-corrected chi connectivity index (χ3v) is 1.08. The van der Waals surface area contributed by atoms with E-state index in [-0.39, 0.29) is 26.3 Å². The van der Waals surface area contributed by atoms with Crippen LogP contribution in [0.3, 0.4) is 0 Å². The van der Waals surface area contributed by atoms with Gasteiger partial charge in [0, 0.05) is 37.2 Å². The Kier molecular flexibility index (Phi) is 7.43. The molecule has 0 bridgehead atoms. The molecule has 0 fully saturated rings. The van der Waals surface area contributed by atoms with Gasteiger partial charge >= 0.3 is 0 Å². The topological polar surface area (TPSA) is 63.2 Å². The Morgan fingerprint density at radius 2 is 1.80 bits per heavy atom. The molecule has 0 aromatic carbocycles. The SMILES string of the molecule is CC(C)C(=O)N[S-](=O)=O.[Re]. The van der Waals surface area contributed by atoms with Crippen molar-refractivity contribution in [1.29, 1.82) is 0 Å². The van der Waals surface area contributed by atoms with Gasteiger partial charge in [-0.05, 0) is 0 Å². The number of nitrogens with one attached hydrogen (secondary N) is 1. The van der Waals surface area contributed by atoms with E-state index in [9.17, 15) is 13.2 Å². The van der Waals surface area contributed by atoms with Crippen LogP contribution in [0.1, 0.15) is 13.8 Å². The Bertz CT molecular complexity index is 169. The van der Waals surface area contributed by atoms with Crippen molar-refractivity contribution in [3.05, 3.63) is 0 Å². The number of hydrogen-bond acceptors (Lipinski definition) is 4. The molecule has 4 nitrogen and oxygen atoms in total. The molecule has 0 aliphatic heterocycles. The molecule has 0 unspecified atom stereocenters. The van der Waals surface area contributed by atoms with E-state index in [0.717, 1.165) is 0 Å². The largest absolute Gasteiger partial charge is 0.403 e. The summed E-state index contributed by atoms with van der Waals surface area (Å²) in [6, 6.07) is 0. The van der Waals surface area contributed by atoms with Crippen molar-refractivity contribution in [2.45, 2.75) is 13.8 Å². The summed E-state index contributed by atoms with van der Waals surface area (Å²) in [6.45, 7) is 3.23. The molecule has 1 amide bonds. The van der Waals surface area contributed by atoms with Gasteiger partial charge in [0.15, 0.2) is 0 Å². The van der Waals surface area contributed by atoms with Crippen LogP contribution >= 0.6 is 0 Å². The molecule has 0 saturated heterocycles. The van der Waals surface area contributed by atoms with Crippen LogP contribution in [0.2, 0.25) is 0 Å². The van der Waals surface area contributed by atoms with E-state index in [2.05, 4.69) is 0 Å². The summed E-state index contributed by atoms with van der Waals surface area (Å²) in [4.78, 5) is 10.4. The second-order valence-electron chi connectivity index (χ2n) is 1.86. The van der Waals surface area contributed by atoms with Crippen LogP contribution in [0.4, 0.5) is 0 Å². The van der Waals surface area contributed by atoms with E-state index in [1.807, 2.05) is 0 Å². The predicted molar refractivity (Wildman–Crippen MR) is 31.7 cm³/mol. The van der Waals surface area contributed by atoms with Gasteiger partial charge in [0.25, 0.3) is 0 Å². The molecule has 10 heavy (non-hydrogen) atoms. The Labute approximate surface area is 75.1 Å². The van der Waals surface area contributed by atoms with Crippen LogP contribution in [0, 0.1) is 5.92 Å². The van der Waals surface area contributed by atoms with Crippen LogP contribution in [-0.2, 0) is 44.5 Å². The van der Waals surface area contributed by atoms with Gasteiger partial charge in [0.05, 0.1) is 0 Å². The minimum absolute atomic E-state index is 0. The second kappa shape index (κ2) is 5.84. The molecular formula is C4H8NO3ReS-. The quantitative estimate of drug-likeness (QED) is 0.721. The van der Waals surface area contributed by atoms with E-state index < -0.39 is 16.8 Å². The van der Waals surface area contributed by atoms with Crippen LogP contribution < -0.4 is 4.72 Å². The molecule has 0 rings (SSSR count). The Morgan fingerprint density at radius 3 is 1.90 bits per heavy atom. The monoisotopic (exact) mass is 337 g/mol. The molecule has 6 heteroatoms. The molecule has 0 aromatic heterocycles. The first-order valence-corrected chi connectivity index (χ1v) is 3.51. The first-order chi connectivity index (χ1) is 4.04. The van der Waals surface area contributed by atoms with Crippen molar-refractivity contribution in [2.75, 3.05) is 0 Å². The van der Waals surface area contributed by atoms with Crippen molar-refractivity contribution >= 4 is 16.8 Å². The summed E-state index contributed by atoms with van der Waals surface area (Å²) in [5.41, 5.74) is 0. The maximum absolute atomic E-state index is 10.4. The van der Waals surface area contributed by atoms with E-state index >= 15 is 0 Å². The summed E-state index contributed by atoms with van der Waals surface area (Å²) in [5, 5.41) is 0. The molecule has 0 aromatic rings. The maximum Gasteiger partial charge on any atom is 0.207 e. The molecule has 0 aliphatic rings. The summed E-state index contributed by atoms with van der Waals surface area (Å²) in [5.74, 6) is -0.772. The first kappa shape index (κ1) is 12.7. The Morgan fingerprint density at radius 1 is 1.40 bits per heavy atom. The van der Waals surface area contributed by atoms with Gasteiger partial charge in [-0.25, -0.2) is 0 Å². The number of hydrogen-bond donors (Lipinski definition) is 1. The van der Waals surface area contributed by atoms with Crippen LogP contribution in [0.25, 0.3) is 0 Å². The predicted octanol–water partition coefficient (Wildman–Crippen LogP) is -0.0196. The Hall–Kier alpha value is 0.0823. The fourth-order valence-corrected chi connectivity index (χ4v) is 0.600. The first-order valence-electron chi connectivity index (χ1n) is 2.43. The molecule has 0 spiro atoms. The maximum atomic E-state index is 10.4. The number of carbonyl (C=O) groups is 1. The fourth-order valence-electron chi connectivity index (χ4n) is 0.200. The normalized spacial score (nSPS) is 9.20. The van der Waals surface area contributed by atoms with Crippen molar-refractivity contribution in [3.8, 4) is 0 Å². The molecule has 1 radical (unpaired) electrons. The summed E-state index contributed by atoms with van der Waals surface area (Å²) < 4.78 is 21.3. The molecule has 0 aliphatic carbocycles. The molecule has 0 heterocycles. The van der Waals surface area contributed by atoms with Gasteiger partial charge in [-0.15, -0.1) is 0 Å². The van der Waals surface area contributed by atoms with Crippen molar-refractivity contribution in [2.24, 2.45) is 5.92 Å². The molecule has 0 atom stereocenters. The third-order valence-electron chi connectivity index (χ3n) is 0.708. The second-order valence-corrected chi connectivity index (χ2v) is 2.53. The van der Waals surface area contributed by atoms with Gasteiger partial charge in [0.1, 0.15) is 0 Å². The van der Waals surface area contributed by atoms with Gasteiger partial charge in [-0.3, -0.25) is 4.79 Å². The Balaban J connectivity index is 0. The molecular weight excluding hydrogens is 328 g/mol. The summed E-state index contributed by atoms with van der Waals surface area (Å²) in [7, 11) is -2.47. The van der Waals surface area contributed by atoms with Crippen molar-refractivity contribution in [3.63, 3.8) is 0 Å². The zero-order valence-electron chi connectivity index (χ0n) is 5.59. The van der Waals surface area contributed by atoms with Crippen LogP contribution in [0.5, 0.6) is 0 Å². The summed E-state index contributed by atoms with van der Waals surface area (Å²) in [6.07, 6.45) is 0. The summed E-state index contributed by atoms with van der Waals surface area (Å²) >= 11 is 0. The number of amides is 1. The van der Waals surface area contributed by atoms with Crippen LogP contribution in [0.15, 0.2) is 0 Å². The number of rotatable bonds is 2. The van der Waals surface area contributed by atoms with Gasteiger partial charge in [-0.2, -0.15) is 0 Å². The minimum atomic E-state index is -2.47. The molecule has 0 saturated carbocycles. The zero-order valence-corrected chi connectivity index (χ0v) is 9.12. The van der Waals surface area contributed by atoms with Gasteiger partial charge in [0.2, 0.25) is 5.91 Å².